The van der Waals surface area contributed by atoms with Crippen LogP contribution in [0.3, 0.4) is 0 Å². The van der Waals surface area contributed by atoms with Crippen molar-refractivity contribution in [1.29, 1.82) is 0 Å². The predicted molar refractivity (Wildman–Crippen MR) is 85.3 cm³/mol. The van der Waals surface area contributed by atoms with Gasteiger partial charge < -0.3 is 20.5 Å². The number of aryl methyl sites for hydroxylation is 1. The highest BCUT2D eigenvalue weighted by Gasteiger charge is 2.10. The molecule has 0 amide bonds. The zero-order chi connectivity index (χ0) is 16.8. The fourth-order valence-electron chi connectivity index (χ4n) is 1.82. The lowest BCUT2D eigenvalue weighted by Crippen LogP contribution is -2.10. The normalized spacial score (nSPS) is 10.2. The number of hydrogen-bond donors (Lipinski definition) is 2. The van der Waals surface area contributed by atoms with Crippen molar-refractivity contribution in [3.63, 3.8) is 0 Å². The minimum atomic E-state index is -0.471. The van der Waals surface area contributed by atoms with Gasteiger partial charge in [0.25, 0.3) is 0 Å². The van der Waals surface area contributed by atoms with E-state index in [9.17, 15) is 4.79 Å². The van der Waals surface area contributed by atoms with Crippen LogP contribution in [0.15, 0.2) is 18.3 Å². The second-order valence-corrected chi connectivity index (χ2v) is 4.68. The number of nitrogens with two attached hydrogens (primary N) is 1. The van der Waals surface area contributed by atoms with E-state index in [0.717, 1.165) is 5.56 Å². The summed E-state index contributed by atoms with van der Waals surface area (Å²) >= 11 is 0. The van der Waals surface area contributed by atoms with E-state index in [-0.39, 0.29) is 11.7 Å². The summed E-state index contributed by atoms with van der Waals surface area (Å²) in [5.74, 6) is 0.0273. The highest BCUT2D eigenvalue weighted by atomic mass is 16.5. The Kier molecular flexibility index (Phi) is 5.29. The minimum Gasteiger partial charge on any atom is -0.464 e. The third-order valence-corrected chi connectivity index (χ3v) is 3.07. The Morgan fingerprint density at radius 2 is 2.13 bits per heavy atom. The number of carbonyl (C=O) groups is 1. The van der Waals surface area contributed by atoms with Crippen molar-refractivity contribution in [1.82, 2.24) is 15.0 Å². The van der Waals surface area contributed by atoms with E-state index >= 15 is 0 Å². The van der Waals surface area contributed by atoms with Crippen LogP contribution in [0.5, 0.6) is 6.01 Å². The van der Waals surface area contributed by atoms with Gasteiger partial charge in [-0.15, -0.1) is 0 Å². The minimum absolute atomic E-state index is 0.257. The van der Waals surface area contributed by atoms with Gasteiger partial charge in [0.15, 0.2) is 5.82 Å². The number of nitrogens with one attached hydrogen (secondary N) is 1. The third kappa shape index (κ3) is 4.06. The summed E-state index contributed by atoms with van der Waals surface area (Å²) in [6, 6.07) is 3.66. The second-order valence-electron chi connectivity index (χ2n) is 4.68. The molecule has 0 fully saturated rings. The van der Waals surface area contributed by atoms with Crippen LogP contribution >= 0.6 is 0 Å². The number of rotatable bonds is 6. The van der Waals surface area contributed by atoms with E-state index in [4.69, 9.17) is 10.5 Å². The van der Waals surface area contributed by atoms with Gasteiger partial charge in [-0.2, -0.15) is 9.97 Å². The Labute approximate surface area is 134 Å². The molecular weight excluding hydrogens is 298 g/mol. The van der Waals surface area contributed by atoms with Crippen LogP contribution in [0.25, 0.3) is 0 Å². The highest BCUT2D eigenvalue weighted by Crippen LogP contribution is 2.22. The molecule has 0 aromatic carbocycles. The summed E-state index contributed by atoms with van der Waals surface area (Å²) in [4.78, 5) is 23.8. The van der Waals surface area contributed by atoms with Crippen LogP contribution in [0.1, 0.15) is 28.7 Å². The molecule has 0 atom stereocenters. The molecule has 0 aliphatic heterocycles. The molecule has 0 spiro atoms. The van der Waals surface area contributed by atoms with Gasteiger partial charge in [-0.1, -0.05) is 6.07 Å². The maximum Gasteiger partial charge on any atom is 0.356 e. The molecule has 0 saturated carbocycles. The van der Waals surface area contributed by atoms with E-state index in [1.165, 1.54) is 7.11 Å². The molecule has 2 rings (SSSR count). The zero-order valence-electron chi connectivity index (χ0n) is 13.3. The Balaban J connectivity index is 2.09. The molecule has 0 aliphatic rings. The topological polar surface area (TPSA) is 112 Å². The molecule has 2 aromatic rings. The molecule has 3 N–H and O–H groups in total. The molecule has 2 heterocycles. The lowest BCUT2D eigenvalue weighted by atomic mass is 10.2. The van der Waals surface area contributed by atoms with Crippen molar-refractivity contribution in [2.24, 2.45) is 0 Å². The van der Waals surface area contributed by atoms with Crippen molar-refractivity contribution in [2.45, 2.75) is 20.4 Å². The SMILES string of the molecule is CCOc1nc(C)c(N)c(NCc2ccc(C(=O)OC)nc2)n1. The Hall–Kier alpha value is -2.90. The largest absolute Gasteiger partial charge is 0.464 e. The zero-order valence-corrected chi connectivity index (χ0v) is 13.3. The molecule has 0 saturated heterocycles. The monoisotopic (exact) mass is 317 g/mol. The van der Waals surface area contributed by atoms with E-state index in [1.54, 1.807) is 25.3 Å². The fourth-order valence-corrected chi connectivity index (χ4v) is 1.82. The number of nitrogen functional groups attached to an aromatic ring is 1. The maximum atomic E-state index is 11.3. The molecule has 0 bridgehead atoms. The Morgan fingerprint density at radius 3 is 2.74 bits per heavy atom. The number of anilines is 2. The number of methoxy groups -OCH3 is 1. The Bertz CT molecular complexity index is 688. The van der Waals surface area contributed by atoms with Crippen LogP contribution in [0, 0.1) is 6.92 Å². The van der Waals surface area contributed by atoms with Crippen LogP contribution in [-0.4, -0.2) is 34.6 Å². The predicted octanol–water partition coefficient (Wildman–Crippen LogP) is 1.56. The lowest BCUT2D eigenvalue weighted by Gasteiger charge is -2.12. The molecule has 0 radical (unpaired) electrons. The number of esters is 1. The van der Waals surface area contributed by atoms with Crippen molar-refractivity contribution in [3.05, 3.63) is 35.3 Å². The van der Waals surface area contributed by atoms with Gasteiger partial charge in [-0.3, -0.25) is 0 Å². The summed E-state index contributed by atoms with van der Waals surface area (Å²) in [5.41, 5.74) is 8.21. The van der Waals surface area contributed by atoms with E-state index in [2.05, 4.69) is 25.0 Å². The molecule has 122 valence electrons. The molecule has 0 aliphatic carbocycles. The summed E-state index contributed by atoms with van der Waals surface area (Å²) in [7, 11) is 1.32. The van der Waals surface area contributed by atoms with Gasteiger partial charge >= 0.3 is 12.0 Å². The lowest BCUT2D eigenvalue weighted by molar-refractivity contribution is 0.0594. The molecular formula is C15H19N5O3. The number of nitrogens with zero attached hydrogens (tertiary/aromatic N) is 3. The third-order valence-electron chi connectivity index (χ3n) is 3.07. The Morgan fingerprint density at radius 1 is 1.35 bits per heavy atom. The summed E-state index contributed by atoms with van der Waals surface area (Å²) in [5, 5.41) is 3.12. The van der Waals surface area contributed by atoms with Gasteiger partial charge in [0.2, 0.25) is 0 Å². The standard InChI is InChI=1S/C15H19N5O3/c1-4-23-15-19-9(2)12(16)13(20-15)18-8-10-5-6-11(17-7-10)14(21)22-3/h5-7H,4,8,16H2,1-3H3,(H,18,19,20). The molecule has 8 heteroatoms. The van der Waals surface area contributed by atoms with Crippen molar-refractivity contribution in [2.75, 3.05) is 24.8 Å². The van der Waals surface area contributed by atoms with E-state index in [1.807, 2.05) is 6.92 Å². The van der Waals surface area contributed by atoms with Gasteiger partial charge in [0.1, 0.15) is 5.69 Å². The number of hydrogen-bond acceptors (Lipinski definition) is 8. The number of carbonyl (C=O) groups excluding carboxylic acids is 1. The average Bonchev–Trinajstić information content (AvgIpc) is 2.56. The molecule has 8 nitrogen and oxygen atoms in total. The van der Waals surface area contributed by atoms with Crippen LogP contribution < -0.4 is 15.8 Å². The van der Waals surface area contributed by atoms with Gasteiger partial charge in [0, 0.05) is 12.7 Å². The van der Waals surface area contributed by atoms with Crippen LogP contribution in [-0.2, 0) is 11.3 Å². The second kappa shape index (κ2) is 7.39. The van der Waals surface area contributed by atoms with Gasteiger partial charge in [0.05, 0.1) is 25.1 Å². The van der Waals surface area contributed by atoms with E-state index in [0.29, 0.717) is 30.4 Å². The summed E-state index contributed by atoms with van der Waals surface area (Å²) in [6.07, 6.45) is 1.59. The van der Waals surface area contributed by atoms with Crippen molar-refractivity contribution >= 4 is 17.5 Å². The maximum absolute atomic E-state index is 11.3. The average molecular weight is 317 g/mol. The first-order valence-electron chi connectivity index (χ1n) is 7.09. The van der Waals surface area contributed by atoms with Crippen LogP contribution in [0.4, 0.5) is 11.5 Å². The first-order chi connectivity index (χ1) is 11.0. The number of ether oxygens (including phenoxy) is 2. The highest BCUT2D eigenvalue weighted by molar-refractivity contribution is 5.86. The van der Waals surface area contributed by atoms with Gasteiger partial charge in [-0.05, 0) is 25.5 Å². The molecule has 0 unspecified atom stereocenters. The fraction of sp³-hybridized carbons (Fsp3) is 0.333. The summed E-state index contributed by atoms with van der Waals surface area (Å²) < 4.78 is 9.91. The molecule has 23 heavy (non-hydrogen) atoms. The van der Waals surface area contributed by atoms with Crippen molar-refractivity contribution in [3.8, 4) is 6.01 Å². The first-order valence-corrected chi connectivity index (χ1v) is 7.09. The van der Waals surface area contributed by atoms with E-state index < -0.39 is 5.97 Å². The number of aromatic nitrogens is 3. The quantitative estimate of drug-likeness (QED) is 0.772. The first kappa shape index (κ1) is 16.5. The summed E-state index contributed by atoms with van der Waals surface area (Å²) in [6.45, 7) is 4.57. The smallest absolute Gasteiger partial charge is 0.356 e. The molecule has 2 aromatic heterocycles. The van der Waals surface area contributed by atoms with Crippen LogP contribution in [0.2, 0.25) is 0 Å². The van der Waals surface area contributed by atoms with Crippen molar-refractivity contribution < 1.29 is 14.3 Å². The van der Waals surface area contributed by atoms with Gasteiger partial charge in [-0.25, -0.2) is 9.78 Å². The number of pyridine rings is 1.